The smallest absolute Gasteiger partial charge is 0.244 e. The van der Waals surface area contributed by atoms with Gasteiger partial charge in [0.25, 0.3) is 0 Å². The van der Waals surface area contributed by atoms with Crippen LogP contribution in [0.1, 0.15) is 51.8 Å². The van der Waals surface area contributed by atoms with Crippen molar-refractivity contribution in [2.45, 2.75) is 57.8 Å². The molecule has 114 valence electrons. The van der Waals surface area contributed by atoms with Crippen molar-refractivity contribution in [2.24, 2.45) is 5.92 Å². The monoisotopic (exact) mass is 306 g/mol. The van der Waals surface area contributed by atoms with Gasteiger partial charge in [-0.2, -0.15) is 0 Å². The SMILES string of the molecule is CC(C)CC(C)N1C(=O)C2(CC2)NC1c1ccc(Cl)cc1. The van der Waals surface area contributed by atoms with Crippen molar-refractivity contribution in [2.75, 3.05) is 0 Å². The van der Waals surface area contributed by atoms with Crippen molar-refractivity contribution < 1.29 is 4.79 Å². The second-order valence-corrected chi connectivity index (χ2v) is 7.31. The topological polar surface area (TPSA) is 32.3 Å². The zero-order valence-corrected chi connectivity index (χ0v) is 13.7. The number of carbonyl (C=O) groups excluding carboxylic acids is 1. The van der Waals surface area contributed by atoms with Crippen molar-refractivity contribution in [3.63, 3.8) is 0 Å². The second kappa shape index (κ2) is 5.29. The number of halogens is 1. The van der Waals surface area contributed by atoms with E-state index in [4.69, 9.17) is 11.6 Å². The summed E-state index contributed by atoms with van der Waals surface area (Å²) in [6.45, 7) is 6.56. The summed E-state index contributed by atoms with van der Waals surface area (Å²) in [4.78, 5) is 14.9. The fourth-order valence-electron chi connectivity index (χ4n) is 3.38. The Kier molecular flexibility index (Phi) is 3.74. The fourth-order valence-corrected chi connectivity index (χ4v) is 3.51. The maximum atomic E-state index is 12.8. The molecular weight excluding hydrogens is 284 g/mol. The number of nitrogens with one attached hydrogen (secondary N) is 1. The Hall–Kier alpha value is -1.06. The number of benzene rings is 1. The highest BCUT2D eigenvalue weighted by Crippen LogP contribution is 2.47. The zero-order valence-electron chi connectivity index (χ0n) is 12.9. The molecule has 2 aliphatic rings. The molecule has 2 fully saturated rings. The highest BCUT2D eigenvalue weighted by Gasteiger charge is 2.60. The van der Waals surface area contributed by atoms with Gasteiger partial charge < -0.3 is 4.90 Å². The van der Waals surface area contributed by atoms with E-state index in [1.54, 1.807) is 0 Å². The molecule has 1 aromatic rings. The highest BCUT2D eigenvalue weighted by molar-refractivity contribution is 6.30. The van der Waals surface area contributed by atoms with Crippen LogP contribution in [-0.2, 0) is 4.79 Å². The quantitative estimate of drug-likeness (QED) is 0.919. The van der Waals surface area contributed by atoms with Gasteiger partial charge in [-0.05, 0) is 49.8 Å². The van der Waals surface area contributed by atoms with Crippen LogP contribution in [0.3, 0.4) is 0 Å². The first-order valence-electron chi connectivity index (χ1n) is 7.79. The van der Waals surface area contributed by atoms with Crippen molar-refractivity contribution in [3.05, 3.63) is 34.9 Å². The number of hydrogen-bond acceptors (Lipinski definition) is 2. The molecule has 21 heavy (non-hydrogen) atoms. The maximum Gasteiger partial charge on any atom is 0.244 e. The van der Waals surface area contributed by atoms with Gasteiger partial charge >= 0.3 is 0 Å². The lowest BCUT2D eigenvalue weighted by atomic mass is 10.0. The van der Waals surface area contributed by atoms with Crippen LogP contribution >= 0.6 is 11.6 Å². The standard InChI is InChI=1S/C17H23ClN2O/c1-11(2)10-12(3)20-15(13-4-6-14(18)7-5-13)19-17(8-9-17)16(20)21/h4-7,11-12,15,19H,8-10H2,1-3H3. The number of hydrogen-bond donors (Lipinski definition) is 1. The molecule has 2 unspecified atom stereocenters. The van der Waals surface area contributed by atoms with Gasteiger partial charge in [-0.15, -0.1) is 0 Å². The molecule has 1 N–H and O–H groups in total. The van der Waals surface area contributed by atoms with E-state index in [1.807, 2.05) is 24.3 Å². The van der Waals surface area contributed by atoms with Crippen molar-refractivity contribution in [1.29, 1.82) is 0 Å². The van der Waals surface area contributed by atoms with E-state index >= 15 is 0 Å². The van der Waals surface area contributed by atoms with Gasteiger partial charge in [0.2, 0.25) is 5.91 Å². The molecule has 1 spiro atoms. The lowest BCUT2D eigenvalue weighted by Gasteiger charge is -2.31. The molecule has 3 rings (SSSR count). The average molecular weight is 307 g/mol. The first-order valence-corrected chi connectivity index (χ1v) is 8.17. The van der Waals surface area contributed by atoms with Crippen molar-refractivity contribution in [3.8, 4) is 0 Å². The molecular formula is C17H23ClN2O. The van der Waals surface area contributed by atoms with Gasteiger partial charge in [-0.1, -0.05) is 37.6 Å². The van der Waals surface area contributed by atoms with E-state index in [0.29, 0.717) is 5.92 Å². The van der Waals surface area contributed by atoms with Crippen molar-refractivity contribution >= 4 is 17.5 Å². The summed E-state index contributed by atoms with van der Waals surface area (Å²) < 4.78 is 0. The Morgan fingerprint density at radius 2 is 1.90 bits per heavy atom. The number of amides is 1. The molecule has 1 aromatic carbocycles. The summed E-state index contributed by atoms with van der Waals surface area (Å²) in [6.07, 6.45) is 2.92. The third-order valence-electron chi connectivity index (χ3n) is 4.56. The molecule has 1 saturated heterocycles. The van der Waals surface area contributed by atoms with Crippen LogP contribution in [0.25, 0.3) is 0 Å². The number of carbonyl (C=O) groups is 1. The summed E-state index contributed by atoms with van der Waals surface area (Å²) in [5.41, 5.74) is 0.836. The molecule has 4 heteroatoms. The summed E-state index contributed by atoms with van der Waals surface area (Å²) in [6, 6.07) is 8.07. The molecule has 1 aliphatic carbocycles. The van der Waals surface area contributed by atoms with E-state index < -0.39 is 0 Å². The molecule has 0 radical (unpaired) electrons. The zero-order chi connectivity index (χ0) is 15.2. The molecule has 1 aliphatic heterocycles. The second-order valence-electron chi connectivity index (χ2n) is 6.87. The number of nitrogens with zero attached hydrogens (tertiary/aromatic N) is 1. The van der Waals surface area contributed by atoms with E-state index in [9.17, 15) is 4.79 Å². The molecule has 0 bridgehead atoms. The minimum absolute atomic E-state index is 0.0222. The van der Waals surface area contributed by atoms with Gasteiger partial charge in [0.1, 0.15) is 11.7 Å². The fraction of sp³-hybridized carbons (Fsp3) is 0.588. The van der Waals surface area contributed by atoms with Gasteiger partial charge in [0.05, 0.1) is 0 Å². The Bertz CT molecular complexity index is 536. The van der Waals surface area contributed by atoms with Crippen LogP contribution < -0.4 is 5.32 Å². The van der Waals surface area contributed by atoms with Crippen LogP contribution in [-0.4, -0.2) is 22.4 Å². The summed E-state index contributed by atoms with van der Waals surface area (Å²) >= 11 is 5.98. The first kappa shape index (κ1) is 14.9. The Morgan fingerprint density at radius 3 is 2.43 bits per heavy atom. The summed E-state index contributed by atoms with van der Waals surface area (Å²) in [5, 5.41) is 4.29. The average Bonchev–Trinajstić information content (AvgIpc) is 3.12. The highest BCUT2D eigenvalue weighted by atomic mass is 35.5. The molecule has 3 nitrogen and oxygen atoms in total. The molecule has 1 heterocycles. The third kappa shape index (κ3) is 2.69. The van der Waals surface area contributed by atoms with Crippen LogP contribution in [0, 0.1) is 5.92 Å². The van der Waals surface area contributed by atoms with Crippen LogP contribution in [0.15, 0.2) is 24.3 Å². The van der Waals surface area contributed by atoms with Crippen LogP contribution in [0.4, 0.5) is 0 Å². The van der Waals surface area contributed by atoms with Gasteiger partial charge in [-0.3, -0.25) is 10.1 Å². The van der Waals surface area contributed by atoms with Gasteiger partial charge in [0.15, 0.2) is 0 Å². The van der Waals surface area contributed by atoms with Crippen LogP contribution in [0.5, 0.6) is 0 Å². The molecule has 1 saturated carbocycles. The van der Waals surface area contributed by atoms with Gasteiger partial charge in [0, 0.05) is 11.1 Å². The third-order valence-corrected chi connectivity index (χ3v) is 4.81. The molecule has 0 aromatic heterocycles. The minimum Gasteiger partial charge on any atom is -0.319 e. The van der Waals surface area contributed by atoms with E-state index in [-0.39, 0.29) is 23.7 Å². The Labute approximate surface area is 131 Å². The van der Waals surface area contributed by atoms with Crippen molar-refractivity contribution in [1.82, 2.24) is 10.2 Å². The Morgan fingerprint density at radius 1 is 1.29 bits per heavy atom. The maximum absolute atomic E-state index is 12.8. The van der Waals surface area contributed by atoms with E-state index in [0.717, 1.165) is 29.8 Å². The number of rotatable bonds is 4. The lowest BCUT2D eigenvalue weighted by molar-refractivity contribution is -0.133. The minimum atomic E-state index is -0.282. The van der Waals surface area contributed by atoms with Gasteiger partial charge in [-0.25, -0.2) is 0 Å². The van der Waals surface area contributed by atoms with E-state index in [1.165, 1.54) is 0 Å². The largest absolute Gasteiger partial charge is 0.319 e. The predicted octanol–water partition coefficient (Wildman–Crippen LogP) is 3.74. The van der Waals surface area contributed by atoms with Crippen LogP contribution in [0.2, 0.25) is 5.02 Å². The Balaban J connectivity index is 1.89. The summed E-state index contributed by atoms with van der Waals surface area (Å²) in [5.74, 6) is 0.852. The normalized spacial score (nSPS) is 24.9. The van der Waals surface area contributed by atoms with E-state index in [2.05, 4.69) is 31.0 Å². The predicted molar refractivity (Wildman–Crippen MR) is 85.1 cm³/mol. The molecule has 2 atom stereocenters. The lowest BCUT2D eigenvalue weighted by Crippen LogP contribution is -2.39. The first-order chi connectivity index (χ1) is 9.93. The summed E-state index contributed by atoms with van der Waals surface area (Å²) in [7, 11) is 0. The molecule has 1 amide bonds.